The van der Waals surface area contributed by atoms with Gasteiger partial charge < -0.3 is 16.0 Å². The molecule has 0 unspecified atom stereocenters. The van der Waals surface area contributed by atoms with E-state index in [9.17, 15) is 19.2 Å². The summed E-state index contributed by atoms with van der Waals surface area (Å²) < 4.78 is 1.24. The maximum atomic E-state index is 12.5. The van der Waals surface area contributed by atoms with Crippen LogP contribution >= 0.6 is 0 Å². The van der Waals surface area contributed by atoms with Crippen LogP contribution in [0.2, 0.25) is 0 Å². The van der Waals surface area contributed by atoms with Crippen molar-refractivity contribution in [1.82, 2.24) is 20.4 Å². The maximum absolute atomic E-state index is 12.5. The number of rotatable bonds is 8. The van der Waals surface area contributed by atoms with Gasteiger partial charge in [0.15, 0.2) is 0 Å². The van der Waals surface area contributed by atoms with Crippen LogP contribution in [0.5, 0.6) is 0 Å². The lowest BCUT2D eigenvalue weighted by Crippen LogP contribution is -2.36. The van der Waals surface area contributed by atoms with Crippen LogP contribution in [0.3, 0.4) is 0 Å². The Kier molecular flexibility index (Phi) is 8.37. The SMILES string of the molecule is Cc1ccc(Cn2nc(C(=O)NCCNC(=O)c3ccc(NC(=O)C(C)(C)C)cc3)ccc2=O)cc1. The van der Waals surface area contributed by atoms with Crippen molar-refractivity contribution in [3.05, 3.63) is 93.4 Å². The highest BCUT2D eigenvalue weighted by atomic mass is 16.2. The molecule has 0 aliphatic rings. The Labute approximate surface area is 209 Å². The highest BCUT2D eigenvalue weighted by molar-refractivity contribution is 5.97. The minimum Gasteiger partial charge on any atom is -0.350 e. The first kappa shape index (κ1) is 26.3. The molecule has 0 bridgehead atoms. The second kappa shape index (κ2) is 11.4. The van der Waals surface area contributed by atoms with Crippen LogP contribution in [-0.4, -0.2) is 40.6 Å². The zero-order chi connectivity index (χ0) is 26.3. The molecule has 1 aromatic heterocycles. The predicted molar refractivity (Wildman–Crippen MR) is 138 cm³/mol. The third kappa shape index (κ3) is 7.36. The third-order valence-electron chi connectivity index (χ3n) is 5.33. The molecule has 0 radical (unpaired) electrons. The van der Waals surface area contributed by atoms with Gasteiger partial charge in [-0.25, -0.2) is 4.68 Å². The minimum absolute atomic E-state index is 0.112. The van der Waals surface area contributed by atoms with Crippen molar-refractivity contribution in [2.45, 2.75) is 34.2 Å². The standard InChI is InChI=1S/C27H31N5O4/c1-18-5-7-19(8-6-18)17-32-23(33)14-13-22(31-32)25(35)29-16-15-28-24(34)20-9-11-21(12-10-20)30-26(36)27(2,3)4/h5-14H,15-17H2,1-4H3,(H,28,34)(H,29,35)(H,30,36). The molecule has 9 nitrogen and oxygen atoms in total. The van der Waals surface area contributed by atoms with E-state index in [0.717, 1.165) is 11.1 Å². The molecule has 3 rings (SSSR count). The summed E-state index contributed by atoms with van der Waals surface area (Å²) in [6, 6.07) is 17.0. The van der Waals surface area contributed by atoms with Crippen molar-refractivity contribution in [1.29, 1.82) is 0 Å². The number of nitrogens with zero attached hydrogens (tertiary/aromatic N) is 2. The zero-order valence-corrected chi connectivity index (χ0v) is 20.9. The van der Waals surface area contributed by atoms with Crippen LogP contribution in [0.1, 0.15) is 52.7 Å². The Hall–Kier alpha value is -4.27. The van der Waals surface area contributed by atoms with Crippen molar-refractivity contribution in [2.75, 3.05) is 18.4 Å². The van der Waals surface area contributed by atoms with Gasteiger partial charge in [-0.15, -0.1) is 0 Å². The lowest BCUT2D eigenvalue weighted by molar-refractivity contribution is -0.123. The van der Waals surface area contributed by atoms with Crippen molar-refractivity contribution >= 4 is 23.4 Å². The molecule has 0 aliphatic carbocycles. The molecule has 3 aromatic rings. The number of hydrogen-bond donors (Lipinski definition) is 3. The number of anilines is 1. The summed E-state index contributed by atoms with van der Waals surface area (Å²) in [4.78, 5) is 49.1. The Morgan fingerprint density at radius 2 is 1.44 bits per heavy atom. The summed E-state index contributed by atoms with van der Waals surface area (Å²) in [7, 11) is 0. The second-order valence-electron chi connectivity index (χ2n) is 9.49. The molecule has 2 aromatic carbocycles. The Morgan fingerprint density at radius 3 is 2.06 bits per heavy atom. The number of carbonyl (C=O) groups is 3. The number of benzene rings is 2. The second-order valence-corrected chi connectivity index (χ2v) is 9.49. The van der Waals surface area contributed by atoms with Gasteiger partial charge in [0.1, 0.15) is 5.69 Å². The lowest BCUT2D eigenvalue weighted by atomic mass is 9.95. The molecule has 36 heavy (non-hydrogen) atoms. The van der Waals surface area contributed by atoms with Gasteiger partial charge in [0, 0.05) is 35.8 Å². The highest BCUT2D eigenvalue weighted by Crippen LogP contribution is 2.17. The molecule has 1 heterocycles. The number of carbonyl (C=O) groups excluding carboxylic acids is 3. The van der Waals surface area contributed by atoms with Gasteiger partial charge in [0.25, 0.3) is 17.4 Å². The van der Waals surface area contributed by atoms with Gasteiger partial charge in [0.2, 0.25) is 5.91 Å². The van der Waals surface area contributed by atoms with Crippen molar-refractivity contribution in [3.63, 3.8) is 0 Å². The van der Waals surface area contributed by atoms with Gasteiger partial charge in [-0.05, 0) is 42.8 Å². The first-order chi connectivity index (χ1) is 17.0. The van der Waals surface area contributed by atoms with E-state index in [1.807, 2.05) is 52.0 Å². The molecular formula is C27H31N5O4. The average Bonchev–Trinajstić information content (AvgIpc) is 2.84. The maximum Gasteiger partial charge on any atom is 0.271 e. The van der Waals surface area contributed by atoms with Gasteiger partial charge in [-0.2, -0.15) is 5.10 Å². The van der Waals surface area contributed by atoms with Crippen LogP contribution < -0.4 is 21.5 Å². The normalized spacial score (nSPS) is 11.0. The minimum atomic E-state index is -0.519. The van der Waals surface area contributed by atoms with E-state index < -0.39 is 11.3 Å². The van der Waals surface area contributed by atoms with Gasteiger partial charge in [0.05, 0.1) is 6.54 Å². The first-order valence-corrected chi connectivity index (χ1v) is 11.6. The van der Waals surface area contributed by atoms with E-state index in [0.29, 0.717) is 11.3 Å². The molecule has 3 amide bonds. The molecule has 0 fully saturated rings. The van der Waals surface area contributed by atoms with Gasteiger partial charge in [-0.3, -0.25) is 19.2 Å². The molecular weight excluding hydrogens is 458 g/mol. The predicted octanol–water partition coefficient (Wildman–Crippen LogP) is 2.74. The topological polar surface area (TPSA) is 122 Å². The summed E-state index contributed by atoms with van der Waals surface area (Å²) >= 11 is 0. The molecule has 0 atom stereocenters. The largest absolute Gasteiger partial charge is 0.350 e. The van der Waals surface area contributed by atoms with Crippen LogP contribution in [0.25, 0.3) is 0 Å². The van der Waals surface area contributed by atoms with Crippen LogP contribution in [0.4, 0.5) is 5.69 Å². The van der Waals surface area contributed by atoms with Crippen LogP contribution in [0, 0.1) is 12.3 Å². The molecule has 0 saturated heterocycles. The number of amides is 3. The molecule has 3 N–H and O–H groups in total. The van der Waals surface area contributed by atoms with E-state index in [-0.39, 0.29) is 42.7 Å². The quantitative estimate of drug-likeness (QED) is 0.420. The Bertz CT molecular complexity index is 1290. The molecule has 0 saturated carbocycles. The summed E-state index contributed by atoms with van der Waals surface area (Å²) in [5, 5.41) is 12.4. The smallest absolute Gasteiger partial charge is 0.271 e. The fourth-order valence-electron chi connectivity index (χ4n) is 3.12. The van der Waals surface area contributed by atoms with Crippen molar-refractivity contribution < 1.29 is 14.4 Å². The van der Waals surface area contributed by atoms with Gasteiger partial charge in [-0.1, -0.05) is 50.6 Å². The number of aromatic nitrogens is 2. The molecule has 9 heteroatoms. The number of nitrogens with one attached hydrogen (secondary N) is 3. The average molecular weight is 490 g/mol. The number of hydrogen-bond acceptors (Lipinski definition) is 5. The highest BCUT2D eigenvalue weighted by Gasteiger charge is 2.21. The molecule has 0 aliphatic heterocycles. The summed E-state index contributed by atoms with van der Waals surface area (Å²) in [6.07, 6.45) is 0. The molecule has 0 spiro atoms. The van der Waals surface area contributed by atoms with E-state index >= 15 is 0 Å². The van der Waals surface area contributed by atoms with E-state index in [2.05, 4.69) is 21.0 Å². The summed E-state index contributed by atoms with van der Waals surface area (Å²) in [5.74, 6) is -0.862. The fraction of sp³-hybridized carbons (Fsp3) is 0.296. The van der Waals surface area contributed by atoms with E-state index in [1.165, 1.54) is 16.8 Å². The third-order valence-corrected chi connectivity index (χ3v) is 5.33. The fourth-order valence-corrected chi connectivity index (χ4v) is 3.12. The Balaban J connectivity index is 1.48. The van der Waals surface area contributed by atoms with Crippen molar-refractivity contribution in [3.8, 4) is 0 Å². The van der Waals surface area contributed by atoms with E-state index in [4.69, 9.17) is 0 Å². The van der Waals surface area contributed by atoms with Crippen molar-refractivity contribution in [2.24, 2.45) is 5.41 Å². The van der Waals surface area contributed by atoms with Crippen LogP contribution in [0.15, 0.2) is 65.5 Å². The number of aryl methyl sites for hydroxylation is 1. The summed E-state index contributed by atoms with van der Waals surface area (Å²) in [6.45, 7) is 8.09. The van der Waals surface area contributed by atoms with E-state index in [1.54, 1.807) is 24.3 Å². The van der Waals surface area contributed by atoms with Crippen LogP contribution in [-0.2, 0) is 11.3 Å². The summed E-state index contributed by atoms with van der Waals surface area (Å²) in [5.41, 5.74) is 2.34. The molecule has 188 valence electrons. The first-order valence-electron chi connectivity index (χ1n) is 11.6. The zero-order valence-electron chi connectivity index (χ0n) is 20.9. The van der Waals surface area contributed by atoms with Gasteiger partial charge >= 0.3 is 0 Å². The monoisotopic (exact) mass is 489 g/mol. The lowest BCUT2D eigenvalue weighted by Gasteiger charge is -2.17. The Morgan fingerprint density at radius 1 is 0.833 bits per heavy atom.